The van der Waals surface area contributed by atoms with Crippen LogP contribution in [-0.4, -0.2) is 16.1 Å². The first-order valence-corrected chi connectivity index (χ1v) is 5.16. The first-order chi connectivity index (χ1) is 7.57. The van der Waals surface area contributed by atoms with E-state index in [9.17, 15) is 14.7 Å². The molecule has 86 valence electrons. The van der Waals surface area contributed by atoms with Crippen LogP contribution in [-0.2, 0) is 21.7 Å². The number of esters is 1. The van der Waals surface area contributed by atoms with Crippen molar-refractivity contribution in [2.75, 3.05) is 0 Å². The molecule has 0 aliphatic carbocycles. The van der Waals surface area contributed by atoms with Gasteiger partial charge in [0, 0.05) is 6.20 Å². The van der Waals surface area contributed by atoms with E-state index in [4.69, 9.17) is 4.74 Å². The molecule has 0 saturated heterocycles. The predicted octanol–water partition coefficient (Wildman–Crippen LogP) is 0.419. The summed E-state index contributed by atoms with van der Waals surface area (Å²) < 4.78 is 4.89. The fourth-order valence-corrected chi connectivity index (χ4v) is 1.94. The fourth-order valence-electron chi connectivity index (χ4n) is 1.94. The Hall–Kier alpha value is -1.62. The lowest BCUT2D eigenvalue weighted by Crippen LogP contribution is -2.29. The van der Waals surface area contributed by atoms with Crippen molar-refractivity contribution in [3.8, 4) is 0 Å². The van der Waals surface area contributed by atoms with Crippen molar-refractivity contribution in [1.29, 1.82) is 0 Å². The summed E-state index contributed by atoms with van der Waals surface area (Å²) in [6.07, 6.45) is 1.72. The van der Waals surface area contributed by atoms with Crippen LogP contribution in [0.3, 0.4) is 0 Å². The predicted molar refractivity (Wildman–Crippen MR) is 55.7 cm³/mol. The molecule has 0 fully saturated rings. The minimum absolute atomic E-state index is 0.0767. The summed E-state index contributed by atoms with van der Waals surface area (Å²) >= 11 is 0. The van der Waals surface area contributed by atoms with Crippen molar-refractivity contribution in [2.45, 2.75) is 32.0 Å². The highest BCUT2D eigenvalue weighted by Gasteiger charge is 2.36. The Labute approximate surface area is 92.1 Å². The lowest BCUT2D eigenvalue weighted by atomic mass is 9.86. The standard InChI is InChI=1S/C11H13NO4/c1-2-11(15)5-9(13)16-6-7-8(11)3-4-12-10(7)14/h3-4,15H,2,5-6H2,1H3,(H,12,14)/t11-/m0/s1. The number of aliphatic hydroxyl groups is 1. The van der Waals surface area contributed by atoms with Gasteiger partial charge in [-0.15, -0.1) is 0 Å². The number of rotatable bonds is 1. The molecule has 0 saturated carbocycles. The lowest BCUT2D eigenvalue weighted by molar-refractivity contribution is -0.149. The molecule has 1 aliphatic rings. The Morgan fingerprint density at radius 1 is 1.56 bits per heavy atom. The number of carbonyl (C=O) groups excluding carboxylic acids is 1. The van der Waals surface area contributed by atoms with Crippen LogP contribution in [0.1, 0.15) is 30.9 Å². The van der Waals surface area contributed by atoms with Gasteiger partial charge in [0.1, 0.15) is 12.2 Å². The molecule has 2 heterocycles. The molecule has 0 unspecified atom stereocenters. The van der Waals surface area contributed by atoms with E-state index >= 15 is 0 Å². The van der Waals surface area contributed by atoms with Crippen LogP contribution in [0.2, 0.25) is 0 Å². The third-order valence-electron chi connectivity index (χ3n) is 2.96. The summed E-state index contributed by atoms with van der Waals surface area (Å²) in [4.78, 5) is 25.4. The minimum Gasteiger partial charge on any atom is -0.460 e. The molecular weight excluding hydrogens is 210 g/mol. The molecule has 1 aromatic heterocycles. The average Bonchev–Trinajstić information content (AvgIpc) is 2.38. The van der Waals surface area contributed by atoms with Crippen molar-refractivity contribution < 1.29 is 14.6 Å². The lowest BCUT2D eigenvalue weighted by Gasteiger charge is -2.24. The van der Waals surface area contributed by atoms with E-state index in [1.807, 2.05) is 0 Å². The highest BCUT2D eigenvalue weighted by atomic mass is 16.5. The Morgan fingerprint density at radius 2 is 2.31 bits per heavy atom. The minimum atomic E-state index is -1.29. The van der Waals surface area contributed by atoms with E-state index in [0.717, 1.165) is 0 Å². The number of fused-ring (bicyclic) bond motifs is 1. The van der Waals surface area contributed by atoms with E-state index < -0.39 is 11.6 Å². The molecular formula is C11H13NO4. The number of pyridine rings is 1. The summed E-state index contributed by atoms with van der Waals surface area (Å²) in [6.45, 7) is 1.69. The topological polar surface area (TPSA) is 79.4 Å². The number of hydrogen-bond donors (Lipinski definition) is 2. The van der Waals surface area contributed by atoms with Crippen molar-refractivity contribution in [1.82, 2.24) is 4.98 Å². The van der Waals surface area contributed by atoms with Gasteiger partial charge >= 0.3 is 5.97 Å². The Balaban J connectivity index is 2.63. The molecule has 0 spiro atoms. The number of aromatic nitrogens is 1. The summed E-state index contributed by atoms with van der Waals surface area (Å²) in [5, 5.41) is 10.4. The molecule has 2 N–H and O–H groups in total. The molecule has 0 amide bonds. The summed E-state index contributed by atoms with van der Waals surface area (Å²) in [5.41, 5.74) is -0.793. The van der Waals surface area contributed by atoms with Gasteiger partial charge in [0.25, 0.3) is 5.56 Å². The first kappa shape index (κ1) is 10.9. The summed E-state index contributed by atoms with van der Waals surface area (Å²) in [7, 11) is 0. The van der Waals surface area contributed by atoms with Gasteiger partial charge in [-0.25, -0.2) is 0 Å². The second-order valence-corrected chi connectivity index (χ2v) is 3.92. The molecule has 0 radical (unpaired) electrons. The zero-order chi connectivity index (χ0) is 11.8. The Morgan fingerprint density at radius 3 is 3.00 bits per heavy atom. The monoisotopic (exact) mass is 223 g/mol. The number of hydrogen-bond acceptors (Lipinski definition) is 4. The molecule has 5 nitrogen and oxygen atoms in total. The molecule has 16 heavy (non-hydrogen) atoms. The molecule has 2 rings (SSSR count). The molecule has 1 aliphatic heterocycles. The second-order valence-electron chi connectivity index (χ2n) is 3.92. The zero-order valence-electron chi connectivity index (χ0n) is 8.95. The maximum atomic E-state index is 11.6. The van der Waals surface area contributed by atoms with Gasteiger partial charge in [0.05, 0.1) is 12.0 Å². The maximum Gasteiger partial charge on any atom is 0.309 e. The van der Waals surface area contributed by atoms with Gasteiger partial charge < -0.3 is 14.8 Å². The quantitative estimate of drug-likeness (QED) is 0.676. The van der Waals surface area contributed by atoms with Crippen molar-refractivity contribution >= 4 is 5.97 Å². The van der Waals surface area contributed by atoms with Gasteiger partial charge in [-0.1, -0.05) is 6.92 Å². The highest BCUT2D eigenvalue weighted by molar-refractivity contribution is 5.72. The van der Waals surface area contributed by atoms with Crippen LogP contribution >= 0.6 is 0 Å². The largest absolute Gasteiger partial charge is 0.460 e. The number of cyclic esters (lactones) is 1. The molecule has 0 aromatic carbocycles. The number of carbonyl (C=O) groups is 1. The third kappa shape index (κ3) is 1.63. The van der Waals surface area contributed by atoms with Crippen LogP contribution < -0.4 is 5.56 Å². The normalized spacial score (nSPS) is 24.5. The molecule has 0 bridgehead atoms. The maximum absolute atomic E-state index is 11.6. The zero-order valence-corrected chi connectivity index (χ0v) is 8.95. The molecule has 1 atom stereocenters. The molecule has 1 aromatic rings. The third-order valence-corrected chi connectivity index (χ3v) is 2.96. The Kier molecular flexibility index (Phi) is 2.55. The number of nitrogens with one attached hydrogen (secondary N) is 1. The SMILES string of the molecule is CC[C@]1(O)CC(=O)OCc2c1cc[nH]c2=O. The van der Waals surface area contributed by atoms with Crippen LogP contribution in [0.4, 0.5) is 0 Å². The van der Waals surface area contributed by atoms with E-state index in [1.165, 1.54) is 6.20 Å². The first-order valence-electron chi connectivity index (χ1n) is 5.16. The van der Waals surface area contributed by atoms with E-state index in [2.05, 4.69) is 4.98 Å². The number of ether oxygens (including phenoxy) is 1. The van der Waals surface area contributed by atoms with Gasteiger partial charge in [-0.3, -0.25) is 9.59 Å². The van der Waals surface area contributed by atoms with Crippen molar-refractivity contribution in [3.63, 3.8) is 0 Å². The Bertz CT molecular complexity index is 479. The van der Waals surface area contributed by atoms with E-state index in [1.54, 1.807) is 13.0 Å². The van der Waals surface area contributed by atoms with Crippen LogP contribution in [0.25, 0.3) is 0 Å². The fraction of sp³-hybridized carbons (Fsp3) is 0.455. The van der Waals surface area contributed by atoms with Crippen LogP contribution in [0, 0.1) is 0 Å². The average molecular weight is 223 g/mol. The van der Waals surface area contributed by atoms with Crippen LogP contribution in [0.15, 0.2) is 17.1 Å². The number of H-pyrrole nitrogens is 1. The van der Waals surface area contributed by atoms with E-state index in [0.29, 0.717) is 17.5 Å². The highest BCUT2D eigenvalue weighted by Crippen LogP contribution is 2.32. The van der Waals surface area contributed by atoms with Gasteiger partial charge in [-0.05, 0) is 18.1 Å². The van der Waals surface area contributed by atoms with Gasteiger partial charge in [0.15, 0.2) is 0 Å². The number of aromatic amines is 1. The van der Waals surface area contributed by atoms with Gasteiger partial charge in [0.2, 0.25) is 0 Å². The van der Waals surface area contributed by atoms with Crippen molar-refractivity contribution in [3.05, 3.63) is 33.7 Å². The smallest absolute Gasteiger partial charge is 0.309 e. The van der Waals surface area contributed by atoms with Gasteiger partial charge in [-0.2, -0.15) is 0 Å². The molecule has 5 heteroatoms. The van der Waals surface area contributed by atoms with E-state index in [-0.39, 0.29) is 18.6 Å². The summed E-state index contributed by atoms with van der Waals surface area (Å²) in [5.74, 6) is -0.486. The summed E-state index contributed by atoms with van der Waals surface area (Å²) in [6, 6.07) is 1.63. The van der Waals surface area contributed by atoms with Crippen LogP contribution in [0.5, 0.6) is 0 Å². The van der Waals surface area contributed by atoms with Crippen molar-refractivity contribution in [2.24, 2.45) is 0 Å². The second kappa shape index (κ2) is 3.75.